The van der Waals surface area contributed by atoms with Gasteiger partial charge < -0.3 is 35.0 Å². The Kier molecular flexibility index (Phi) is 11.1. The number of phenols is 1. The number of amides is 4. The second-order valence-electron chi connectivity index (χ2n) is 14.2. The fraction of sp³-hybridized carbons (Fsp3) is 0.568. The first-order chi connectivity index (χ1) is 24.0. The molecule has 270 valence electrons. The SMILES string of the molecule is Cc1cc(C[C@@H](OC(=O)N2CCC(N3CCc4ccccc4NC3=O)CC2)C(=O)N2CCN(C3CCN(CC(=O)O)CC3)CC2)cc(C)c1O. The smallest absolute Gasteiger partial charge is 0.410 e. The fourth-order valence-corrected chi connectivity index (χ4v) is 8.00. The highest BCUT2D eigenvalue weighted by Gasteiger charge is 2.36. The Balaban J connectivity index is 1.06. The molecule has 0 aliphatic carbocycles. The van der Waals surface area contributed by atoms with E-state index in [0.29, 0.717) is 75.8 Å². The van der Waals surface area contributed by atoms with Crippen molar-refractivity contribution in [1.29, 1.82) is 0 Å². The number of piperidine rings is 2. The molecule has 4 aliphatic rings. The van der Waals surface area contributed by atoms with Crippen LogP contribution in [-0.4, -0.2) is 142 Å². The van der Waals surface area contributed by atoms with Gasteiger partial charge >= 0.3 is 18.1 Å². The van der Waals surface area contributed by atoms with Crippen molar-refractivity contribution in [3.8, 4) is 5.75 Å². The van der Waals surface area contributed by atoms with E-state index in [-0.39, 0.29) is 36.7 Å². The second kappa shape index (κ2) is 15.7. The summed E-state index contributed by atoms with van der Waals surface area (Å²) in [6.45, 7) is 9.08. The Bertz CT molecular complexity index is 1540. The molecule has 4 heterocycles. The van der Waals surface area contributed by atoms with Gasteiger partial charge in [0.1, 0.15) is 5.75 Å². The van der Waals surface area contributed by atoms with Gasteiger partial charge in [0.15, 0.2) is 6.10 Å². The molecule has 0 aromatic heterocycles. The molecule has 3 saturated heterocycles. The monoisotopic (exact) mass is 690 g/mol. The lowest BCUT2D eigenvalue weighted by Gasteiger charge is -2.43. The molecule has 2 aromatic carbocycles. The number of aromatic hydroxyl groups is 1. The maximum atomic E-state index is 14.1. The Labute approximate surface area is 293 Å². The average molecular weight is 691 g/mol. The van der Waals surface area contributed by atoms with E-state index in [0.717, 1.165) is 49.2 Å². The lowest BCUT2D eigenvalue weighted by atomic mass is 10.00. The van der Waals surface area contributed by atoms with Crippen LogP contribution in [0.3, 0.4) is 0 Å². The van der Waals surface area contributed by atoms with E-state index in [1.54, 1.807) is 9.80 Å². The lowest BCUT2D eigenvalue weighted by molar-refractivity contribution is -0.143. The van der Waals surface area contributed by atoms with Crippen molar-refractivity contribution in [2.75, 3.05) is 70.8 Å². The molecule has 4 amide bonds. The number of ether oxygens (including phenoxy) is 1. The molecule has 0 bridgehead atoms. The topological polar surface area (TPSA) is 146 Å². The summed E-state index contributed by atoms with van der Waals surface area (Å²) in [7, 11) is 0. The number of benzene rings is 2. The molecule has 3 fully saturated rings. The number of hydrogen-bond donors (Lipinski definition) is 3. The normalized spacial score (nSPS) is 20.5. The number of aliphatic carboxylic acids is 1. The van der Waals surface area contributed by atoms with Gasteiger partial charge in [0.2, 0.25) is 0 Å². The molecule has 4 aliphatic heterocycles. The number of likely N-dealkylation sites (tertiary alicyclic amines) is 2. The van der Waals surface area contributed by atoms with Crippen LogP contribution in [0.1, 0.15) is 47.9 Å². The molecule has 13 nitrogen and oxygen atoms in total. The predicted molar refractivity (Wildman–Crippen MR) is 187 cm³/mol. The number of hydrogen-bond acceptors (Lipinski definition) is 8. The van der Waals surface area contributed by atoms with Crippen molar-refractivity contribution in [2.45, 2.75) is 70.6 Å². The summed E-state index contributed by atoms with van der Waals surface area (Å²) in [5.74, 6) is -0.821. The summed E-state index contributed by atoms with van der Waals surface area (Å²) >= 11 is 0. The Morgan fingerprint density at radius 2 is 1.50 bits per heavy atom. The molecule has 2 aromatic rings. The number of piperazine rings is 1. The first kappa shape index (κ1) is 35.5. The summed E-state index contributed by atoms with van der Waals surface area (Å²) in [5.41, 5.74) is 4.16. The van der Waals surface area contributed by atoms with Gasteiger partial charge in [-0.15, -0.1) is 0 Å². The molecule has 1 atom stereocenters. The van der Waals surface area contributed by atoms with Gasteiger partial charge in [-0.05, 0) is 74.3 Å². The van der Waals surface area contributed by atoms with Crippen molar-refractivity contribution < 1.29 is 34.1 Å². The summed E-state index contributed by atoms with van der Waals surface area (Å²) in [6.07, 6.45) is 2.42. The van der Waals surface area contributed by atoms with Crippen LogP contribution in [0, 0.1) is 13.8 Å². The van der Waals surface area contributed by atoms with Crippen molar-refractivity contribution in [1.82, 2.24) is 24.5 Å². The largest absolute Gasteiger partial charge is 0.507 e. The number of phenolic OH excluding ortho intramolecular Hbond substituents is 1. The molecule has 0 unspecified atom stereocenters. The maximum absolute atomic E-state index is 14.1. The Morgan fingerprint density at radius 1 is 0.860 bits per heavy atom. The summed E-state index contributed by atoms with van der Waals surface area (Å²) < 4.78 is 6.04. The van der Waals surface area contributed by atoms with Gasteiger partial charge in [0, 0.05) is 83.1 Å². The fourth-order valence-electron chi connectivity index (χ4n) is 8.00. The average Bonchev–Trinajstić information content (AvgIpc) is 3.28. The van der Waals surface area contributed by atoms with Crippen LogP contribution in [0.15, 0.2) is 36.4 Å². The van der Waals surface area contributed by atoms with Crippen molar-refractivity contribution in [3.05, 3.63) is 58.7 Å². The molecule has 13 heteroatoms. The summed E-state index contributed by atoms with van der Waals surface area (Å²) in [4.78, 5) is 61.5. The van der Waals surface area contributed by atoms with Crippen LogP contribution in [-0.2, 0) is 27.2 Å². The van der Waals surface area contributed by atoms with Gasteiger partial charge in [-0.25, -0.2) is 9.59 Å². The van der Waals surface area contributed by atoms with Crippen LogP contribution >= 0.6 is 0 Å². The second-order valence-corrected chi connectivity index (χ2v) is 14.2. The molecule has 50 heavy (non-hydrogen) atoms. The number of rotatable bonds is 8. The van der Waals surface area contributed by atoms with Gasteiger partial charge in [-0.3, -0.25) is 19.4 Å². The molecular weight excluding hydrogens is 640 g/mol. The van der Waals surface area contributed by atoms with Crippen LogP contribution in [0.4, 0.5) is 15.3 Å². The third-order valence-electron chi connectivity index (χ3n) is 10.9. The Morgan fingerprint density at radius 3 is 2.16 bits per heavy atom. The van der Waals surface area contributed by atoms with Crippen LogP contribution in [0.2, 0.25) is 0 Å². The zero-order valence-corrected chi connectivity index (χ0v) is 29.2. The first-order valence-electron chi connectivity index (χ1n) is 17.9. The molecule has 0 radical (unpaired) electrons. The summed E-state index contributed by atoms with van der Waals surface area (Å²) in [5, 5.41) is 22.5. The number of nitrogens with zero attached hydrogens (tertiary/aromatic N) is 5. The number of carboxylic acids is 1. The van der Waals surface area contributed by atoms with E-state index in [4.69, 9.17) is 9.84 Å². The van der Waals surface area contributed by atoms with Crippen LogP contribution in [0.5, 0.6) is 5.75 Å². The molecule has 0 spiro atoms. The van der Waals surface area contributed by atoms with Crippen molar-refractivity contribution in [3.63, 3.8) is 0 Å². The zero-order valence-electron chi connectivity index (χ0n) is 29.2. The number of carbonyl (C=O) groups excluding carboxylic acids is 3. The van der Waals surface area contributed by atoms with E-state index in [1.165, 1.54) is 0 Å². The number of fused-ring (bicyclic) bond motifs is 1. The van der Waals surface area contributed by atoms with Gasteiger partial charge in [0.25, 0.3) is 5.91 Å². The van der Waals surface area contributed by atoms with E-state index in [2.05, 4.69) is 10.2 Å². The highest BCUT2D eigenvalue weighted by Crippen LogP contribution is 2.27. The molecular formula is C37H50N6O7. The van der Waals surface area contributed by atoms with E-state index in [1.807, 2.05) is 60.0 Å². The lowest BCUT2D eigenvalue weighted by Crippen LogP contribution is -2.56. The predicted octanol–water partition coefficient (Wildman–Crippen LogP) is 3.30. The number of anilines is 1. The maximum Gasteiger partial charge on any atom is 0.410 e. The molecule has 6 rings (SSSR count). The third kappa shape index (κ3) is 8.32. The molecule has 0 saturated carbocycles. The van der Waals surface area contributed by atoms with Crippen molar-refractivity contribution >= 4 is 29.7 Å². The van der Waals surface area contributed by atoms with Crippen molar-refractivity contribution in [2.24, 2.45) is 0 Å². The van der Waals surface area contributed by atoms with E-state index in [9.17, 15) is 24.3 Å². The van der Waals surface area contributed by atoms with Crippen LogP contribution in [0.25, 0.3) is 0 Å². The summed E-state index contributed by atoms with van der Waals surface area (Å²) in [6, 6.07) is 11.7. The number of carbonyl (C=O) groups is 4. The van der Waals surface area contributed by atoms with Gasteiger partial charge in [-0.2, -0.15) is 0 Å². The standard InChI is InChI=1S/C37H50N6O7/c1-25-21-27(22-26(2)34(25)46)23-32(35(47)41-19-17-40(18-20-41)29-8-12-39(13-9-29)24-33(44)45)50-37(49)42-14-10-30(11-15-42)43-16-7-28-5-3-4-6-31(28)38-36(43)48/h3-6,21-22,29-30,32,46H,7-20,23-24H2,1-2H3,(H,38,48)(H,44,45)/t32-/m1/s1. The van der Waals surface area contributed by atoms with Gasteiger partial charge in [-0.1, -0.05) is 30.3 Å². The minimum absolute atomic E-state index is 0.00515. The highest BCUT2D eigenvalue weighted by atomic mass is 16.6. The quantitative estimate of drug-likeness (QED) is 0.380. The van der Waals surface area contributed by atoms with E-state index < -0.39 is 18.2 Å². The number of carboxylic acid groups (broad SMARTS) is 1. The number of para-hydroxylation sites is 1. The van der Waals surface area contributed by atoms with Gasteiger partial charge in [0.05, 0.1) is 6.54 Å². The number of urea groups is 1. The minimum atomic E-state index is -1.02. The van der Waals surface area contributed by atoms with Crippen LogP contribution < -0.4 is 5.32 Å². The minimum Gasteiger partial charge on any atom is -0.507 e. The van der Waals surface area contributed by atoms with E-state index >= 15 is 0 Å². The highest BCUT2D eigenvalue weighted by molar-refractivity contribution is 5.91. The third-order valence-corrected chi connectivity index (χ3v) is 10.9. The first-order valence-corrected chi connectivity index (χ1v) is 17.9. The zero-order chi connectivity index (χ0) is 35.4. The Hall–Kier alpha value is -4.36. The number of aryl methyl sites for hydroxylation is 2. The molecule has 3 N–H and O–H groups in total. The number of nitrogens with one attached hydrogen (secondary N) is 1.